The molecule has 2 aromatic heterocycles. The number of hydrogen-bond donors (Lipinski definition) is 2. The zero-order valence-electron chi connectivity index (χ0n) is 12.2. The second kappa shape index (κ2) is 6.07. The maximum absolute atomic E-state index is 5.75. The Bertz CT molecular complexity index is 581. The van der Waals surface area contributed by atoms with Gasteiger partial charge < -0.3 is 11.1 Å². The lowest BCUT2D eigenvalue weighted by Gasteiger charge is -2.26. The predicted molar refractivity (Wildman–Crippen MR) is 81.0 cm³/mol. The van der Waals surface area contributed by atoms with Gasteiger partial charge in [-0.05, 0) is 30.7 Å². The highest BCUT2D eigenvalue weighted by atomic mass is 15.4. The van der Waals surface area contributed by atoms with Crippen molar-refractivity contribution in [3.8, 4) is 5.95 Å². The Balaban J connectivity index is 1.68. The third-order valence-electron chi connectivity index (χ3n) is 3.94. The van der Waals surface area contributed by atoms with Gasteiger partial charge in [0.1, 0.15) is 0 Å². The molecule has 1 aliphatic rings. The molecule has 2 atom stereocenters. The number of aromatic nitrogens is 5. The molecule has 0 bridgehead atoms. The van der Waals surface area contributed by atoms with Gasteiger partial charge in [0.2, 0.25) is 11.9 Å². The molecular weight excluding hydrogens is 266 g/mol. The Hall–Kier alpha value is -2.18. The molecule has 0 saturated heterocycles. The van der Waals surface area contributed by atoms with Crippen molar-refractivity contribution < 1.29 is 0 Å². The molecule has 2 unspecified atom stereocenters. The van der Waals surface area contributed by atoms with Crippen LogP contribution in [0.1, 0.15) is 32.6 Å². The molecule has 3 rings (SSSR count). The summed E-state index contributed by atoms with van der Waals surface area (Å²) in [5.74, 6) is 2.65. The van der Waals surface area contributed by atoms with E-state index in [1.165, 1.54) is 25.7 Å². The fourth-order valence-electron chi connectivity index (χ4n) is 2.93. The Labute approximate surface area is 124 Å². The van der Waals surface area contributed by atoms with Gasteiger partial charge in [-0.15, -0.1) is 0 Å². The summed E-state index contributed by atoms with van der Waals surface area (Å²) in [7, 11) is 0. The van der Waals surface area contributed by atoms with E-state index in [1.54, 1.807) is 17.1 Å². The Morgan fingerprint density at radius 1 is 1.33 bits per heavy atom. The van der Waals surface area contributed by atoms with Crippen LogP contribution in [0.15, 0.2) is 18.5 Å². The molecule has 0 aliphatic heterocycles. The summed E-state index contributed by atoms with van der Waals surface area (Å²) in [4.78, 5) is 12.6. The van der Waals surface area contributed by atoms with E-state index in [-0.39, 0.29) is 5.95 Å². The van der Waals surface area contributed by atoms with Crippen molar-refractivity contribution in [2.24, 2.45) is 11.8 Å². The van der Waals surface area contributed by atoms with Gasteiger partial charge in [-0.2, -0.15) is 20.1 Å². The van der Waals surface area contributed by atoms with E-state index in [1.807, 2.05) is 6.07 Å². The molecule has 0 aromatic carbocycles. The number of nitrogens with one attached hydrogen (secondary N) is 1. The fraction of sp³-hybridized carbons (Fsp3) is 0.571. The van der Waals surface area contributed by atoms with Gasteiger partial charge in [0, 0.05) is 18.9 Å². The second-order valence-corrected chi connectivity index (χ2v) is 5.79. The lowest BCUT2D eigenvalue weighted by molar-refractivity contribution is 0.293. The molecule has 2 aromatic rings. The summed E-state index contributed by atoms with van der Waals surface area (Å²) >= 11 is 0. The Morgan fingerprint density at radius 3 is 3.00 bits per heavy atom. The van der Waals surface area contributed by atoms with Crippen LogP contribution in [0.3, 0.4) is 0 Å². The first kappa shape index (κ1) is 13.8. The molecule has 7 nitrogen and oxygen atoms in total. The fourth-order valence-corrected chi connectivity index (χ4v) is 2.93. The van der Waals surface area contributed by atoms with Crippen LogP contribution in [-0.2, 0) is 0 Å². The first-order valence-corrected chi connectivity index (χ1v) is 7.46. The molecule has 3 N–H and O–H groups in total. The van der Waals surface area contributed by atoms with Gasteiger partial charge in [0.15, 0.2) is 0 Å². The summed E-state index contributed by atoms with van der Waals surface area (Å²) in [5.41, 5.74) is 5.75. The third-order valence-corrected chi connectivity index (χ3v) is 3.94. The Kier molecular flexibility index (Phi) is 3.98. The number of rotatable bonds is 4. The topological polar surface area (TPSA) is 94.5 Å². The van der Waals surface area contributed by atoms with Gasteiger partial charge in [-0.25, -0.2) is 4.68 Å². The number of anilines is 2. The van der Waals surface area contributed by atoms with Crippen molar-refractivity contribution in [1.29, 1.82) is 0 Å². The van der Waals surface area contributed by atoms with Gasteiger partial charge in [0.05, 0.1) is 0 Å². The van der Waals surface area contributed by atoms with Crippen LogP contribution >= 0.6 is 0 Å². The Morgan fingerprint density at radius 2 is 2.24 bits per heavy atom. The summed E-state index contributed by atoms with van der Waals surface area (Å²) in [6.07, 6.45) is 8.64. The molecule has 0 radical (unpaired) electrons. The lowest BCUT2D eigenvalue weighted by atomic mass is 9.82. The van der Waals surface area contributed by atoms with E-state index in [0.717, 1.165) is 12.5 Å². The van der Waals surface area contributed by atoms with E-state index >= 15 is 0 Å². The zero-order chi connectivity index (χ0) is 14.7. The van der Waals surface area contributed by atoms with E-state index in [2.05, 4.69) is 32.3 Å². The van der Waals surface area contributed by atoms with Gasteiger partial charge >= 0.3 is 0 Å². The van der Waals surface area contributed by atoms with Gasteiger partial charge in [-0.3, -0.25) is 0 Å². The maximum atomic E-state index is 5.75. The normalized spacial score (nSPS) is 22.1. The zero-order valence-corrected chi connectivity index (χ0v) is 12.2. The highest BCUT2D eigenvalue weighted by Crippen LogP contribution is 2.28. The maximum Gasteiger partial charge on any atom is 0.257 e. The van der Waals surface area contributed by atoms with Crippen LogP contribution in [0.2, 0.25) is 0 Å². The number of nitrogens with zero attached hydrogens (tertiary/aromatic N) is 5. The largest absolute Gasteiger partial charge is 0.368 e. The highest BCUT2D eigenvalue weighted by molar-refractivity contribution is 5.34. The minimum Gasteiger partial charge on any atom is -0.368 e. The lowest BCUT2D eigenvalue weighted by Crippen LogP contribution is -2.22. The minimum absolute atomic E-state index is 0.204. The third kappa shape index (κ3) is 3.48. The average Bonchev–Trinajstić information content (AvgIpc) is 2.99. The first-order valence-electron chi connectivity index (χ1n) is 7.46. The van der Waals surface area contributed by atoms with Gasteiger partial charge in [0.25, 0.3) is 5.95 Å². The molecule has 1 aliphatic carbocycles. The number of hydrogen-bond acceptors (Lipinski definition) is 6. The number of nitrogens with two attached hydrogens (primary N) is 1. The average molecular weight is 287 g/mol. The minimum atomic E-state index is 0.204. The molecule has 21 heavy (non-hydrogen) atoms. The molecular formula is C14H21N7. The van der Waals surface area contributed by atoms with Crippen molar-refractivity contribution in [3.63, 3.8) is 0 Å². The van der Waals surface area contributed by atoms with Crippen molar-refractivity contribution >= 4 is 11.9 Å². The van der Waals surface area contributed by atoms with Gasteiger partial charge in [-0.1, -0.05) is 19.8 Å². The predicted octanol–water partition coefficient (Wildman–Crippen LogP) is 1.88. The van der Waals surface area contributed by atoms with Crippen molar-refractivity contribution in [2.75, 3.05) is 17.6 Å². The first-order chi connectivity index (χ1) is 10.2. The molecule has 1 fully saturated rings. The summed E-state index contributed by atoms with van der Waals surface area (Å²) in [6, 6.07) is 1.82. The molecule has 2 heterocycles. The van der Waals surface area contributed by atoms with Crippen molar-refractivity contribution in [3.05, 3.63) is 18.5 Å². The molecule has 112 valence electrons. The van der Waals surface area contributed by atoms with Crippen molar-refractivity contribution in [1.82, 2.24) is 24.7 Å². The standard InChI is InChI=1S/C14H21N7/c1-10-4-2-5-11(8-10)9-16-13-18-12(15)19-14(20-13)21-7-3-6-17-21/h3,6-7,10-11H,2,4-5,8-9H2,1H3,(H3,15,16,18,19,20). The SMILES string of the molecule is CC1CCCC(CNc2nc(N)nc(-n3cccn3)n2)C1. The van der Waals surface area contributed by atoms with Crippen LogP contribution in [0.25, 0.3) is 5.95 Å². The summed E-state index contributed by atoms with van der Waals surface area (Å²) < 4.78 is 1.58. The van der Waals surface area contributed by atoms with Crippen LogP contribution in [0, 0.1) is 11.8 Å². The second-order valence-electron chi connectivity index (χ2n) is 5.79. The van der Waals surface area contributed by atoms with E-state index in [9.17, 15) is 0 Å². The van der Waals surface area contributed by atoms with Crippen LogP contribution in [0.4, 0.5) is 11.9 Å². The van der Waals surface area contributed by atoms with Crippen molar-refractivity contribution in [2.45, 2.75) is 32.6 Å². The highest BCUT2D eigenvalue weighted by Gasteiger charge is 2.19. The summed E-state index contributed by atoms with van der Waals surface area (Å²) in [5, 5.41) is 7.40. The summed E-state index contributed by atoms with van der Waals surface area (Å²) in [6.45, 7) is 3.20. The van der Waals surface area contributed by atoms with E-state index in [4.69, 9.17) is 5.73 Å². The molecule has 7 heteroatoms. The van der Waals surface area contributed by atoms with Crippen LogP contribution < -0.4 is 11.1 Å². The van der Waals surface area contributed by atoms with Crippen LogP contribution in [0.5, 0.6) is 0 Å². The van der Waals surface area contributed by atoms with E-state index < -0.39 is 0 Å². The number of nitrogen functional groups attached to an aromatic ring is 1. The molecule has 1 saturated carbocycles. The van der Waals surface area contributed by atoms with Crippen LogP contribution in [-0.4, -0.2) is 31.3 Å². The quantitative estimate of drug-likeness (QED) is 0.891. The molecule has 0 amide bonds. The monoisotopic (exact) mass is 287 g/mol. The smallest absolute Gasteiger partial charge is 0.257 e. The molecule has 0 spiro atoms. The van der Waals surface area contributed by atoms with E-state index in [0.29, 0.717) is 17.8 Å².